The van der Waals surface area contributed by atoms with E-state index >= 15 is 0 Å². The first kappa shape index (κ1) is 19.7. The molecule has 1 N–H and O–H groups in total. The molecule has 6 rings (SSSR count). The Labute approximate surface area is 196 Å². The second-order valence-electron chi connectivity index (χ2n) is 8.42. The van der Waals surface area contributed by atoms with Crippen LogP contribution in [0.25, 0.3) is 0 Å². The molecule has 3 saturated heterocycles. The number of nitrogens with zero attached hydrogens (tertiary/aromatic N) is 2. The largest absolute Gasteiger partial charge is 0.324 e. The number of halogens is 3. The molecule has 4 heterocycles. The Morgan fingerprint density at radius 2 is 1.87 bits per heavy atom. The van der Waals surface area contributed by atoms with Gasteiger partial charge in [0.2, 0.25) is 17.7 Å². The molecule has 0 saturated carbocycles. The molecular weight excluding hydrogens is 505 g/mol. The minimum atomic E-state index is -1.20. The molecular formula is C22H16BrCl2N3O3. The number of rotatable bonds is 1. The molecule has 0 radical (unpaired) electrons. The Hall–Kier alpha value is -1.93. The predicted octanol–water partition coefficient (Wildman–Crippen LogP) is 4.19. The maximum atomic E-state index is 13.9. The molecule has 158 valence electrons. The fourth-order valence-corrected chi connectivity index (χ4v) is 6.93. The average Bonchev–Trinajstić information content (AvgIpc) is 3.42. The third kappa shape index (κ3) is 2.35. The number of nitrogens with one attached hydrogen (secondary N) is 1. The van der Waals surface area contributed by atoms with Crippen molar-refractivity contribution >= 4 is 68.2 Å². The summed E-state index contributed by atoms with van der Waals surface area (Å²) in [5.74, 6) is -2.35. The van der Waals surface area contributed by atoms with E-state index in [0.29, 0.717) is 22.9 Å². The number of hydrogen-bond acceptors (Lipinski definition) is 4. The van der Waals surface area contributed by atoms with Crippen LogP contribution in [0.5, 0.6) is 0 Å². The molecule has 3 amide bonds. The first-order valence-corrected chi connectivity index (χ1v) is 11.6. The van der Waals surface area contributed by atoms with Crippen molar-refractivity contribution in [2.45, 2.75) is 24.4 Å². The van der Waals surface area contributed by atoms with E-state index in [9.17, 15) is 14.4 Å². The Morgan fingerprint density at radius 3 is 2.65 bits per heavy atom. The lowest BCUT2D eigenvalue weighted by molar-refractivity contribution is -0.135. The predicted molar refractivity (Wildman–Crippen MR) is 120 cm³/mol. The highest BCUT2D eigenvalue weighted by Gasteiger charge is 2.74. The Bertz CT molecular complexity index is 1200. The quantitative estimate of drug-likeness (QED) is 0.572. The van der Waals surface area contributed by atoms with Crippen LogP contribution < -0.4 is 10.2 Å². The summed E-state index contributed by atoms with van der Waals surface area (Å²) in [4.78, 5) is 44.3. The molecule has 0 aliphatic carbocycles. The highest BCUT2D eigenvalue weighted by Crippen LogP contribution is 2.61. The second kappa shape index (κ2) is 6.54. The number of fused-ring (bicyclic) bond motifs is 7. The smallest absolute Gasteiger partial charge is 0.250 e. The van der Waals surface area contributed by atoms with Gasteiger partial charge < -0.3 is 5.32 Å². The van der Waals surface area contributed by atoms with Crippen molar-refractivity contribution in [3.63, 3.8) is 0 Å². The maximum absolute atomic E-state index is 13.9. The third-order valence-electron chi connectivity index (χ3n) is 7.11. The van der Waals surface area contributed by atoms with E-state index in [-0.39, 0.29) is 22.9 Å². The molecule has 3 fully saturated rings. The SMILES string of the molecule is O=C1[C@@H]2[C@@H]3CCCN3[C@]3(C(=O)Nc4ccc(Br)cc43)[C@H]2C(=O)N1c1ccc(Cl)cc1Cl. The molecule has 4 aliphatic heterocycles. The number of amides is 3. The topological polar surface area (TPSA) is 69.7 Å². The molecule has 4 atom stereocenters. The first-order valence-electron chi connectivity index (χ1n) is 10.1. The lowest BCUT2D eigenvalue weighted by Crippen LogP contribution is -2.54. The van der Waals surface area contributed by atoms with Crippen LogP contribution >= 0.6 is 39.1 Å². The Kier molecular flexibility index (Phi) is 4.16. The van der Waals surface area contributed by atoms with Crippen molar-refractivity contribution in [1.29, 1.82) is 0 Å². The average molecular weight is 521 g/mol. The van der Waals surface area contributed by atoms with Crippen LogP contribution in [0.2, 0.25) is 10.0 Å². The van der Waals surface area contributed by atoms with Crippen molar-refractivity contribution in [3.05, 3.63) is 56.5 Å². The fraction of sp³-hybridized carbons (Fsp3) is 0.318. The summed E-state index contributed by atoms with van der Waals surface area (Å²) < 4.78 is 0.815. The molecule has 4 aliphatic rings. The molecule has 0 unspecified atom stereocenters. The van der Waals surface area contributed by atoms with Crippen molar-refractivity contribution in [1.82, 2.24) is 4.90 Å². The van der Waals surface area contributed by atoms with Gasteiger partial charge in [0.05, 0.1) is 22.5 Å². The lowest BCUT2D eigenvalue weighted by atomic mass is 9.75. The fourth-order valence-electron chi connectivity index (χ4n) is 6.08. The van der Waals surface area contributed by atoms with Gasteiger partial charge in [-0.2, -0.15) is 0 Å². The zero-order valence-corrected chi connectivity index (χ0v) is 19.2. The summed E-state index contributed by atoms with van der Waals surface area (Å²) in [7, 11) is 0. The molecule has 6 nitrogen and oxygen atoms in total. The minimum Gasteiger partial charge on any atom is -0.324 e. The zero-order valence-electron chi connectivity index (χ0n) is 16.1. The number of benzene rings is 2. The molecule has 2 aromatic rings. The van der Waals surface area contributed by atoms with Crippen LogP contribution in [0, 0.1) is 11.8 Å². The molecule has 31 heavy (non-hydrogen) atoms. The standard InChI is InChI=1S/C22H16BrCl2N3O3/c23-10-3-5-14-12(8-10)22(21(31)26-14)18-17(16-2-1-7-27(16)22)19(29)28(20(18)30)15-6-4-11(24)9-13(15)25/h3-6,8-9,16-18H,1-2,7H2,(H,26,31)/t16-,17+,18+,22-/m0/s1. The van der Waals surface area contributed by atoms with Gasteiger partial charge in [0.15, 0.2) is 0 Å². The Morgan fingerprint density at radius 1 is 1.06 bits per heavy atom. The monoisotopic (exact) mass is 519 g/mol. The number of carbonyl (C=O) groups is 3. The zero-order chi connectivity index (χ0) is 21.7. The Balaban J connectivity index is 1.57. The molecule has 2 aromatic carbocycles. The van der Waals surface area contributed by atoms with Gasteiger partial charge in [-0.25, -0.2) is 4.90 Å². The minimum absolute atomic E-state index is 0.173. The van der Waals surface area contributed by atoms with E-state index in [1.54, 1.807) is 12.1 Å². The van der Waals surface area contributed by atoms with E-state index in [4.69, 9.17) is 23.2 Å². The molecule has 9 heteroatoms. The van der Waals surface area contributed by atoms with Gasteiger partial charge in [-0.05, 0) is 55.8 Å². The van der Waals surface area contributed by atoms with E-state index in [1.807, 2.05) is 18.2 Å². The molecule has 1 spiro atoms. The molecule has 0 aromatic heterocycles. The van der Waals surface area contributed by atoms with Crippen LogP contribution in [0.15, 0.2) is 40.9 Å². The van der Waals surface area contributed by atoms with Crippen molar-refractivity contribution in [2.24, 2.45) is 11.8 Å². The second-order valence-corrected chi connectivity index (χ2v) is 10.2. The third-order valence-corrected chi connectivity index (χ3v) is 8.14. The summed E-state index contributed by atoms with van der Waals surface area (Å²) in [6, 6.07) is 10.1. The van der Waals surface area contributed by atoms with E-state index in [0.717, 1.165) is 27.8 Å². The highest BCUT2D eigenvalue weighted by molar-refractivity contribution is 9.10. The van der Waals surface area contributed by atoms with E-state index in [1.165, 1.54) is 6.07 Å². The lowest BCUT2D eigenvalue weighted by Gasteiger charge is -2.36. The van der Waals surface area contributed by atoms with E-state index in [2.05, 4.69) is 26.1 Å². The summed E-state index contributed by atoms with van der Waals surface area (Å²) in [5.41, 5.74) is 0.535. The van der Waals surface area contributed by atoms with Crippen molar-refractivity contribution < 1.29 is 14.4 Å². The summed E-state index contributed by atoms with van der Waals surface area (Å²) in [5, 5.41) is 3.61. The van der Waals surface area contributed by atoms with Crippen LogP contribution in [0.3, 0.4) is 0 Å². The van der Waals surface area contributed by atoms with Crippen LogP contribution in [0.1, 0.15) is 18.4 Å². The van der Waals surface area contributed by atoms with Crippen LogP contribution in [0.4, 0.5) is 11.4 Å². The van der Waals surface area contributed by atoms with Gasteiger partial charge in [-0.1, -0.05) is 39.1 Å². The van der Waals surface area contributed by atoms with Crippen LogP contribution in [-0.4, -0.2) is 35.2 Å². The van der Waals surface area contributed by atoms with Gasteiger partial charge in [-0.3, -0.25) is 19.3 Å². The summed E-state index contributed by atoms with van der Waals surface area (Å²) in [6.45, 7) is 0.666. The number of anilines is 2. The summed E-state index contributed by atoms with van der Waals surface area (Å²) in [6.07, 6.45) is 1.64. The number of imide groups is 1. The van der Waals surface area contributed by atoms with Gasteiger partial charge in [0.1, 0.15) is 5.54 Å². The van der Waals surface area contributed by atoms with E-state index < -0.39 is 23.3 Å². The maximum Gasteiger partial charge on any atom is 0.250 e. The van der Waals surface area contributed by atoms with Gasteiger partial charge in [0.25, 0.3) is 0 Å². The molecule has 0 bridgehead atoms. The van der Waals surface area contributed by atoms with Crippen LogP contribution in [-0.2, 0) is 19.9 Å². The van der Waals surface area contributed by atoms with Crippen molar-refractivity contribution in [2.75, 3.05) is 16.8 Å². The first-order chi connectivity index (χ1) is 14.9. The summed E-state index contributed by atoms with van der Waals surface area (Å²) >= 11 is 15.9. The van der Waals surface area contributed by atoms with Crippen molar-refractivity contribution in [3.8, 4) is 0 Å². The normalized spacial score (nSPS) is 31.4. The van der Waals surface area contributed by atoms with Gasteiger partial charge in [-0.15, -0.1) is 0 Å². The number of hydrogen-bond donors (Lipinski definition) is 1. The van der Waals surface area contributed by atoms with Gasteiger partial charge in [0, 0.05) is 26.8 Å². The van der Waals surface area contributed by atoms with Gasteiger partial charge >= 0.3 is 0 Å². The highest BCUT2D eigenvalue weighted by atomic mass is 79.9. The number of carbonyl (C=O) groups excluding carboxylic acids is 3.